The second-order valence-corrected chi connectivity index (χ2v) is 8.28. The van der Waals surface area contributed by atoms with Gasteiger partial charge in [0.25, 0.3) is 5.91 Å². The van der Waals surface area contributed by atoms with Gasteiger partial charge in [0.2, 0.25) is 0 Å². The zero-order chi connectivity index (χ0) is 26.2. The monoisotopic (exact) mass is 492 g/mol. The first kappa shape index (κ1) is 26.3. The Morgan fingerprint density at radius 2 is 1.92 bits per heavy atom. The SMILES string of the molecule is COc1cccc(CNC(=O)c2ncncc2CN(CC(=O)O)[C@H](C)c2ccc(C(=O)O)c(C)c2)c1. The highest BCUT2D eigenvalue weighted by molar-refractivity contribution is 5.93. The van der Waals surface area contributed by atoms with E-state index in [2.05, 4.69) is 15.3 Å². The van der Waals surface area contributed by atoms with Crippen LogP contribution in [0.1, 0.15) is 56.1 Å². The number of aryl methyl sites for hydroxylation is 1. The number of aromatic nitrogens is 2. The highest BCUT2D eigenvalue weighted by Crippen LogP contribution is 2.25. The zero-order valence-corrected chi connectivity index (χ0v) is 20.3. The minimum atomic E-state index is -1.04. The zero-order valence-electron chi connectivity index (χ0n) is 20.3. The Balaban J connectivity index is 1.81. The fourth-order valence-corrected chi connectivity index (χ4v) is 3.85. The Morgan fingerprint density at radius 1 is 1.14 bits per heavy atom. The van der Waals surface area contributed by atoms with Gasteiger partial charge in [0, 0.05) is 30.9 Å². The molecule has 3 aromatic rings. The number of aromatic carboxylic acids is 1. The molecule has 0 aliphatic rings. The lowest BCUT2D eigenvalue weighted by Gasteiger charge is -2.28. The van der Waals surface area contributed by atoms with Gasteiger partial charge >= 0.3 is 11.9 Å². The van der Waals surface area contributed by atoms with Crippen molar-refractivity contribution in [3.8, 4) is 5.75 Å². The maximum atomic E-state index is 13.0. The number of ether oxygens (including phenoxy) is 1. The molecule has 36 heavy (non-hydrogen) atoms. The van der Waals surface area contributed by atoms with E-state index in [0.717, 1.165) is 11.1 Å². The van der Waals surface area contributed by atoms with E-state index in [9.17, 15) is 24.6 Å². The number of amides is 1. The van der Waals surface area contributed by atoms with E-state index in [1.807, 2.05) is 31.2 Å². The molecule has 0 spiro atoms. The molecular formula is C26H28N4O6. The molecule has 10 heteroatoms. The Bertz CT molecular complexity index is 1260. The average molecular weight is 493 g/mol. The lowest BCUT2D eigenvalue weighted by molar-refractivity contribution is -0.139. The van der Waals surface area contributed by atoms with Crippen LogP contribution in [0.5, 0.6) is 5.75 Å². The van der Waals surface area contributed by atoms with E-state index in [4.69, 9.17) is 4.74 Å². The molecule has 1 amide bonds. The molecular weight excluding hydrogens is 464 g/mol. The second kappa shape index (κ2) is 11.9. The van der Waals surface area contributed by atoms with Gasteiger partial charge in [-0.05, 0) is 48.7 Å². The topological polar surface area (TPSA) is 142 Å². The molecule has 1 aromatic heterocycles. The van der Waals surface area contributed by atoms with Crippen molar-refractivity contribution < 1.29 is 29.3 Å². The van der Waals surface area contributed by atoms with Crippen molar-refractivity contribution in [3.63, 3.8) is 0 Å². The number of aliphatic carboxylic acids is 1. The van der Waals surface area contributed by atoms with E-state index in [-0.39, 0.29) is 30.9 Å². The quantitative estimate of drug-likeness (QED) is 0.368. The predicted molar refractivity (Wildman–Crippen MR) is 131 cm³/mol. The van der Waals surface area contributed by atoms with Crippen LogP contribution in [0, 0.1) is 6.92 Å². The highest BCUT2D eigenvalue weighted by Gasteiger charge is 2.23. The summed E-state index contributed by atoms with van der Waals surface area (Å²) in [5.41, 5.74) is 2.96. The number of carboxylic acids is 2. The second-order valence-electron chi connectivity index (χ2n) is 8.28. The number of carbonyl (C=O) groups is 3. The third kappa shape index (κ3) is 6.63. The first-order valence-corrected chi connectivity index (χ1v) is 11.2. The molecule has 1 atom stereocenters. The number of hydrogen-bond donors (Lipinski definition) is 3. The van der Waals surface area contributed by atoms with Crippen molar-refractivity contribution in [2.24, 2.45) is 0 Å². The maximum Gasteiger partial charge on any atom is 0.335 e. The van der Waals surface area contributed by atoms with Gasteiger partial charge in [-0.1, -0.05) is 24.3 Å². The lowest BCUT2D eigenvalue weighted by Crippen LogP contribution is -2.33. The van der Waals surface area contributed by atoms with Crippen molar-refractivity contribution in [2.45, 2.75) is 33.0 Å². The number of carbonyl (C=O) groups excluding carboxylic acids is 1. The van der Waals surface area contributed by atoms with Crippen LogP contribution in [0.25, 0.3) is 0 Å². The van der Waals surface area contributed by atoms with E-state index >= 15 is 0 Å². The fourth-order valence-electron chi connectivity index (χ4n) is 3.85. The Kier molecular flexibility index (Phi) is 8.69. The van der Waals surface area contributed by atoms with Crippen molar-refractivity contribution in [1.82, 2.24) is 20.2 Å². The van der Waals surface area contributed by atoms with Crippen molar-refractivity contribution in [2.75, 3.05) is 13.7 Å². The Labute approximate surface area is 208 Å². The Hall–Kier alpha value is -4.31. The molecule has 188 valence electrons. The third-order valence-electron chi connectivity index (χ3n) is 5.81. The fraction of sp³-hybridized carbons (Fsp3) is 0.269. The average Bonchev–Trinajstić information content (AvgIpc) is 2.86. The summed E-state index contributed by atoms with van der Waals surface area (Å²) in [6, 6.07) is 11.8. The predicted octanol–water partition coefficient (Wildman–Crippen LogP) is 3.07. The molecule has 0 fully saturated rings. The smallest absolute Gasteiger partial charge is 0.335 e. The molecule has 0 saturated heterocycles. The largest absolute Gasteiger partial charge is 0.497 e. The summed E-state index contributed by atoms with van der Waals surface area (Å²) in [6.07, 6.45) is 2.76. The molecule has 0 bridgehead atoms. The molecule has 2 aromatic carbocycles. The summed E-state index contributed by atoms with van der Waals surface area (Å²) in [4.78, 5) is 45.8. The molecule has 0 aliphatic heterocycles. The van der Waals surface area contributed by atoms with E-state index in [1.54, 1.807) is 31.1 Å². The van der Waals surface area contributed by atoms with Gasteiger partial charge in [-0.25, -0.2) is 14.8 Å². The number of carboxylic acid groups (broad SMARTS) is 2. The first-order chi connectivity index (χ1) is 17.2. The number of rotatable bonds is 11. The van der Waals surface area contributed by atoms with Crippen LogP contribution < -0.4 is 10.1 Å². The lowest BCUT2D eigenvalue weighted by atomic mass is 9.99. The summed E-state index contributed by atoms with van der Waals surface area (Å²) in [7, 11) is 1.57. The van der Waals surface area contributed by atoms with Crippen molar-refractivity contribution in [3.05, 3.63) is 88.5 Å². The molecule has 0 aliphatic carbocycles. The molecule has 1 heterocycles. The van der Waals surface area contributed by atoms with Gasteiger partial charge in [0.05, 0.1) is 19.2 Å². The van der Waals surface area contributed by atoms with Crippen molar-refractivity contribution >= 4 is 17.8 Å². The number of benzene rings is 2. The number of nitrogens with zero attached hydrogens (tertiary/aromatic N) is 3. The van der Waals surface area contributed by atoms with Gasteiger partial charge in [0.1, 0.15) is 17.8 Å². The molecule has 3 N–H and O–H groups in total. The van der Waals surface area contributed by atoms with Gasteiger partial charge in [-0.2, -0.15) is 0 Å². The molecule has 3 rings (SSSR count). The van der Waals surface area contributed by atoms with E-state index < -0.39 is 23.9 Å². The summed E-state index contributed by atoms with van der Waals surface area (Å²) < 4.78 is 5.21. The third-order valence-corrected chi connectivity index (χ3v) is 5.81. The molecule has 0 radical (unpaired) electrons. The van der Waals surface area contributed by atoms with Crippen LogP contribution in [0.15, 0.2) is 55.0 Å². The van der Waals surface area contributed by atoms with Crippen molar-refractivity contribution in [1.29, 1.82) is 0 Å². The maximum absolute atomic E-state index is 13.0. The standard InChI is InChI=1S/C26H28N4O6/c1-16-9-19(7-8-22(16)26(34)35)17(2)30(14-23(31)32)13-20-12-27-15-29-24(20)25(33)28-11-18-5-4-6-21(10-18)36-3/h4-10,12,15,17H,11,13-14H2,1-3H3,(H,28,33)(H,31,32)(H,34,35)/t17-/m1/s1. The number of nitrogens with one attached hydrogen (secondary N) is 1. The summed E-state index contributed by atoms with van der Waals surface area (Å²) in [5, 5.41) is 21.6. The van der Waals surface area contributed by atoms with E-state index in [0.29, 0.717) is 16.9 Å². The van der Waals surface area contributed by atoms with Crippen LogP contribution in [-0.4, -0.2) is 56.6 Å². The van der Waals surface area contributed by atoms with E-state index in [1.165, 1.54) is 18.6 Å². The highest BCUT2D eigenvalue weighted by atomic mass is 16.5. The number of hydrogen-bond acceptors (Lipinski definition) is 7. The van der Waals surface area contributed by atoms with Gasteiger partial charge in [-0.15, -0.1) is 0 Å². The van der Waals surface area contributed by atoms with Gasteiger partial charge < -0.3 is 20.3 Å². The molecule has 10 nitrogen and oxygen atoms in total. The minimum absolute atomic E-state index is 0.0932. The molecule has 0 unspecified atom stereocenters. The summed E-state index contributed by atoms with van der Waals surface area (Å²) >= 11 is 0. The van der Waals surface area contributed by atoms with Crippen LogP contribution in [0.4, 0.5) is 0 Å². The van der Waals surface area contributed by atoms with Gasteiger partial charge in [-0.3, -0.25) is 14.5 Å². The van der Waals surface area contributed by atoms with Crippen LogP contribution >= 0.6 is 0 Å². The summed E-state index contributed by atoms with van der Waals surface area (Å²) in [6.45, 7) is 3.56. The number of methoxy groups -OCH3 is 1. The normalized spacial score (nSPS) is 11.7. The molecule has 0 saturated carbocycles. The summed E-state index contributed by atoms with van der Waals surface area (Å²) in [5.74, 6) is -1.81. The van der Waals surface area contributed by atoms with Crippen LogP contribution in [0.3, 0.4) is 0 Å². The van der Waals surface area contributed by atoms with Gasteiger partial charge in [0.15, 0.2) is 0 Å². The minimum Gasteiger partial charge on any atom is -0.497 e. The van der Waals surface area contributed by atoms with Crippen LogP contribution in [-0.2, 0) is 17.9 Å². The van der Waals surface area contributed by atoms with Crippen LogP contribution in [0.2, 0.25) is 0 Å². The first-order valence-electron chi connectivity index (χ1n) is 11.2. The Morgan fingerprint density at radius 3 is 2.58 bits per heavy atom.